The Balaban J connectivity index is 2.15. The summed E-state index contributed by atoms with van der Waals surface area (Å²) in [5.41, 5.74) is 3.00. The van der Waals surface area contributed by atoms with Crippen LogP contribution in [-0.4, -0.2) is 22.8 Å². The maximum atomic E-state index is 5.66. The Morgan fingerprint density at radius 1 is 1.06 bits per heavy atom. The van der Waals surface area contributed by atoms with Gasteiger partial charge in [0.25, 0.3) is 0 Å². The van der Waals surface area contributed by atoms with Crippen LogP contribution in [0.1, 0.15) is 12.8 Å². The number of hydrogen-bond donors (Lipinski definition) is 0. The zero-order valence-electron chi connectivity index (χ0n) is 11.5. The second kappa shape index (κ2) is 5.82. The molecule has 0 radical (unpaired) electrons. The first-order chi connectivity index (χ1) is 8.68. The Bertz CT molecular complexity index is 384. The number of rotatable bonds is 6. The summed E-state index contributed by atoms with van der Waals surface area (Å²) < 4.78 is 11.3. The Hall–Kier alpha value is -0.903. The van der Waals surface area contributed by atoms with E-state index in [0.717, 1.165) is 18.9 Å². The van der Waals surface area contributed by atoms with E-state index in [4.69, 9.17) is 8.85 Å². The molecule has 2 aliphatic rings. The van der Waals surface area contributed by atoms with Gasteiger partial charge in [-0.3, -0.25) is 0 Å². The third kappa shape index (κ3) is 2.91. The molecule has 0 aromatic carbocycles. The summed E-state index contributed by atoms with van der Waals surface area (Å²) in [4.78, 5) is 0. The molecular weight excluding hydrogens is 240 g/mol. The molecule has 0 saturated heterocycles. The normalized spacial score (nSPS) is 18.7. The van der Waals surface area contributed by atoms with Crippen LogP contribution in [0.25, 0.3) is 0 Å². The van der Waals surface area contributed by atoms with Crippen molar-refractivity contribution in [3.63, 3.8) is 0 Å². The van der Waals surface area contributed by atoms with Crippen molar-refractivity contribution in [1.82, 2.24) is 0 Å². The molecule has 2 rings (SSSR count). The molecule has 98 valence electrons. The lowest BCUT2D eigenvalue weighted by Crippen LogP contribution is -2.38. The van der Waals surface area contributed by atoms with E-state index in [1.54, 1.807) is 14.2 Å². The van der Waals surface area contributed by atoms with E-state index in [-0.39, 0.29) is 0 Å². The summed E-state index contributed by atoms with van der Waals surface area (Å²) >= 11 is 0. The molecule has 0 heterocycles. The monoisotopic (exact) mass is 262 g/mol. The van der Waals surface area contributed by atoms with E-state index in [0.29, 0.717) is 5.92 Å². The van der Waals surface area contributed by atoms with Crippen molar-refractivity contribution in [2.75, 3.05) is 14.2 Å². The summed E-state index contributed by atoms with van der Waals surface area (Å²) in [5.74, 6) is 0.478. The van der Waals surface area contributed by atoms with Gasteiger partial charge in [0.05, 0.1) is 0 Å². The van der Waals surface area contributed by atoms with Gasteiger partial charge in [-0.15, -0.1) is 0 Å². The highest BCUT2D eigenvalue weighted by Crippen LogP contribution is 2.37. The van der Waals surface area contributed by atoms with Crippen molar-refractivity contribution in [1.29, 1.82) is 0 Å². The topological polar surface area (TPSA) is 18.5 Å². The molecule has 18 heavy (non-hydrogen) atoms. The van der Waals surface area contributed by atoms with Crippen LogP contribution in [0.15, 0.2) is 47.6 Å². The Morgan fingerprint density at radius 3 is 1.89 bits per heavy atom. The van der Waals surface area contributed by atoms with E-state index in [9.17, 15) is 0 Å². The zero-order chi connectivity index (χ0) is 13.0. The van der Waals surface area contributed by atoms with Crippen molar-refractivity contribution in [3.05, 3.63) is 47.6 Å². The maximum Gasteiger partial charge on any atom is 0.335 e. The first-order valence-corrected chi connectivity index (χ1v) is 9.02. The van der Waals surface area contributed by atoms with Gasteiger partial charge in [-0.05, 0) is 19.4 Å². The quantitative estimate of drug-likeness (QED) is 0.679. The highest BCUT2D eigenvalue weighted by atomic mass is 28.4. The van der Waals surface area contributed by atoms with Gasteiger partial charge >= 0.3 is 8.56 Å². The van der Waals surface area contributed by atoms with Crippen molar-refractivity contribution < 1.29 is 8.85 Å². The number of hydrogen-bond acceptors (Lipinski definition) is 2. The van der Waals surface area contributed by atoms with E-state index in [1.165, 1.54) is 11.1 Å². The lowest BCUT2D eigenvalue weighted by Gasteiger charge is -2.29. The van der Waals surface area contributed by atoms with Crippen molar-refractivity contribution in [2.45, 2.75) is 25.4 Å². The van der Waals surface area contributed by atoms with E-state index in [2.05, 4.69) is 43.0 Å². The van der Waals surface area contributed by atoms with Crippen LogP contribution < -0.4 is 0 Å². The summed E-state index contributed by atoms with van der Waals surface area (Å²) in [6.07, 6.45) is 15.4. The fraction of sp³-hybridized carbons (Fsp3) is 0.467. The van der Waals surface area contributed by atoms with Gasteiger partial charge < -0.3 is 8.85 Å². The van der Waals surface area contributed by atoms with Crippen LogP contribution >= 0.6 is 0 Å². The van der Waals surface area contributed by atoms with Gasteiger partial charge in [-0.1, -0.05) is 47.6 Å². The molecule has 0 amide bonds. The molecule has 0 spiro atoms. The Kier molecular flexibility index (Phi) is 4.38. The smallest absolute Gasteiger partial charge is 0.335 e. The van der Waals surface area contributed by atoms with Crippen LogP contribution in [0.3, 0.4) is 0 Å². The molecule has 2 aliphatic carbocycles. The minimum atomic E-state index is -2.03. The van der Waals surface area contributed by atoms with Gasteiger partial charge in [0.1, 0.15) is 0 Å². The molecule has 0 fully saturated rings. The summed E-state index contributed by atoms with van der Waals surface area (Å²) in [7, 11) is 1.51. The molecule has 0 aromatic rings. The van der Waals surface area contributed by atoms with Crippen molar-refractivity contribution >= 4 is 8.56 Å². The van der Waals surface area contributed by atoms with Gasteiger partial charge in [0.15, 0.2) is 0 Å². The molecule has 0 aromatic heterocycles. The lowest BCUT2D eigenvalue weighted by atomic mass is 9.91. The van der Waals surface area contributed by atoms with Crippen LogP contribution in [-0.2, 0) is 8.85 Å². The first kappa shape index (κ1) is 13.5. The molecular formula is C15H22O2Si. The van der Waals surface area contributed by atoms with Gasteiger partial charge in [0.2, 0.25) is 0 Å². The Morgan fingerprint density at radius 2 is 1.56 bits per heavy atom. The minimum absolute atomic E-state index is 0.478. The summed E-state index contributed by atoms with van der Waals surface area (Å²) in [6, 6.07) is 1.00. The van der Waals surface area contributed by atoms with E-state index < -0.39 is 8.56 Å². The zero-order valence-corrected chi connectivity index (χ0v) is 12.5. The predicted molar refractivity (Wildman–Crippen MR) is 77.6 cm³/mol. The van der Waals surface area contributed by atoms with Crippen molar-refractivity contribution in [2.24, 2.45) is 5.92 Å². The first-order valence-electron chi connectivity index (χ1n) is 6.50. The minimum Gasteiger partial charge on any atom is -0.398 e. The molecule has 0 atom stereocenters. The molecule has 2 nitrogen and oxygen atoms in total. The summed E-state index contributed by atoms with van der Waals surface area (Å²) in [5, 5.41) is 0. The van der Waals surface area contributed by atoms with Crippen LogP contribution in [0.2, 0.25) is 12.6 Å². The molecule has 3 heteroatoms. The molecule has 0 bridgehead atoms. The van der Waals surface area contributed by atoms with E-state index in [1.807, 2.05) is 0 Å². The average Bonchev–Trinajstić information content (AvgIpc) is 3.08. The standard InChI is InChI=1S/C15H22O2Si/c1-16-18(3,17-2)12-15(13-8-4-5-9-13)14-10-6-7-11-14/h4-8,10,15H,9,11-12H2,1-3H3. The molecule has 0 N–H and O–H groups in total. The molecule has 0 unspecified atom stereocenters. The molecule has 0 aliphatic heterocycles. The Labute approximate surface area is 111 Å². The van der Waals surface area contributed by atoms with Crippen LogP contribution in [0.4, 0.5) is 0 Å². The SMILES string of the molecule is CO[Si](C)(CC(C1=CC=CC1)C1=CC=CC1)OC. The average molecular weight is 262 g/mol. The second-order valence-electron chi connectivity index (χ2n) is 5.05. The maximum absolute atomic E-state index is 5.66. The van der Waals surface area contributed by atoms with Crippen LogP contribution in [0.5, 0.6) is 0 Å². The van der Waals surface area contributed by atoms with Crippen molar-refractivity contribution in [3.8, 4) is 0 Å². The van der Waals surface area contributed by atoms with Gasteiger partial charge in [-0.25, -0.2) is 0 Å². The molecule has 0 saturated carbocycles. The summed E-state index contributed by atoms with van der Waals surface area (Å²) in [6.45, 7) is 2.14. The third-order valence-corrected chi connectivity index (χ3v) is 6.81. The fourth-order valence-electron chi connectivity index (χ4n) is 2.57. The third-order valence-electron chi connectivity index (χ3n) is 3.93. The highest BCUT2D eigenvalue weighted by Gasteiger charge is 2.35. The van der Waals surface area contributed by atoms with Gasteiger partial charge in [0, 0.05) is 26.2 Å². The van der Waals surface area contributed by atoms with Gasteiger partial charge in [-0.2, -0.15) is 0 Å². The second-order valence-corrected chi connectivity index (χ2v) is 8.54. The number of allylic oxidation sites excluding steroid dienone is 8. The lowest BCUT2D eigenvalue weighted by molar-refractivity contribution is 0.245. The fourth-order valence-corrected chi connectivity index (χ4v) is 4.33. The largest absolute Gasteiger partial charge is 0.398 e. The predicted octanol–water partition coefficient (Wildman–Crippen LogP) is 3.74. The van der Waals surface area contributed by atoms with E-state index >= 15 is 0 Å². The highest BCUT2D eigenvalue weighted by molar-refractivity contribution is 6.66. The van der Waals surface area contributed by atoms with Crippen LogP contribution in [0, 0.1) is 5.92 Å².